The molecule has 1 saturated heterocycles. The minimum absolute atomic E-state index is 0.0443. The van der Waals surface area contributed by atoms with Gasteiger partial charge in [-0.15, -0.1) is 0 Å². The molecular formula is C14H24N3O+. The third-order valence-electron chi connectivity index (χ3n) is 4.25. The van der Waals surface area contributed by atoms with Gasteiger partial charge in [0.2, 0.25) is 0 Å². The van der Waals surface area contributed by atoms with Gasteiger partial charge in [0.05, 0.1) is 19.2 Å². The highest BCUT2D eigenvalue weighted by molar-refractivity contribution is 5.78. The third kappa shape index (κ3) is 3.46. The average Bonchev–Trinajstić information content (AvgIpc) is 3.16. The zero-order valence-corrected chi connectivity index (χ0v) is 11.3. The molecule has 4 heteroatoms. The van der Waals surface area contributed by atoms with Crippen LogP contribution in [0.15, 0.2) is 0 Å². The summed E-state index contributed by atoms with van der Waals surface area (Å²) in [5, 5.41) is 12.2. The van der Waals surface area contributed by atoms with Crippen molar-refractivity contribution < 1.29 is 9.69 Å². The smallest absolute Gasteiger partial charge is 0.276 e. The molecule has 0 aromatic heterocycles. The number of carbonyl (C=O) groups excluding carboxylic acids is 1. The number of hydrogen-bond donors (Lipinski definition) is 2. The molecule has 1 heterocycles. The summed E-state index contributed by atoms with van der Waals surface area (Å²) >= 11 is 0. The zero-order chi connectivity index (χ0) is 13.0. The summed E-state index contributed by atoms with van der Waals surface area (Å²) in [6.45, 7) is 4.59. The van der Waals surface area contributed by atoms with Crippen LogP contribution in [0.5, 0.6) is 0 Å². The molecule has 0 spiro atoms. The lowest BCUT2D eigenvalue weighted by Gasteiger charge is -2.24. The lowest BCUT2D eigenvalue weighted by molar-refractivity contribution is -0.891. The second kappa shape index (κ2) is 5.71. The molecule has 0 aromatic rings. The van der Waals surface area contributed by atoms with Crippen molar-refractivity contribution in [3.63, 3.8) is 0 Å². The van der Waals surface area contributed by atoms with Crippen molar-refractivity contribution in [1.29, 1.82) is 5.26 Å². The van der Waals surface area contributed by atoms with E-state index in [0.717, 1.165) is 25.9 Å². The van der Waals surface area contributed by atoms with E-state index in [0.29, 0.717) is 12.5 Å². The van der Waals surface area contributed by atoms with E-state index < -0.39 is 5.54 Å². The van der Waals surface area contributed by atoms with E-state index >= 15 is 0 Å². The lowest BCUT2D eigenvalue weighted by Crippen LogP contribution is -3.13. The molecule has 1 amide bonds. The summed E-state index contributed by atoms with van der Waals surface area (Å²) in [5.74, 6) is 0.411. The Hall–Kier alpha value is -1.08. The molecule has 0 unspecified atom stereocenters. The molecule has 2 fully saturated rings. The predicted molar refractivity (Wildman–Crippen MR) is 68.9 cm³/mol. The van der Waals surface area contributed by atoms with Crippen LogP contribution in [0.25, 0.3) is 0 Å². The van der Waals surface area contributed by atoms with Crippen LogP contribution in [-0.2, 0) is 4.79 Å². The second-order valence-electron chi connectivity index (χ2n) is 5.98. The molecule has 0 aromatic carbocycles. The Morgan fingerprint density at radius 2 is 1.94 bits per heavy atom. The standard InChI is InChI=1S/C14H23N3O/c1-14(11-15,12-6-7-12)16-13(18)10-17-8-4-2-3-5-9-17/h12H,2-10H2,1H3,(H,16,18)/p+1/t14-/m1/s1. The largest absolute Gasteiger partial charge is 0.333 e. The van der Waals surface area contributed by atoms with Crippen LogP contribution in [0, 0.1) is 17.2 Å². The first kappa shape index (κ1) is 13.4. The second-order valence-corrected chi connectivity index (χ2v) is 5.98. The summed E-state index contributed by atoms with van der Waals surface area (Å²) in [6.07, 6.45) is 7.18. The van der Waals surface area contributed by atoms with Crippen molar-refractivity contribution in [2.45, 2.75) is 51.0 Å². The van der Waals surface area contributed by atoms with E-state index in [-0.39, 0.29) is 5.91 Å². The lowest BCUT2D eigenvalue weighted by atomic mass is 9.98. The van der Waals surface area contributed by atoms with Gasteiger partial charge in [-0.3, -0.25) is 4.79 Å². The van der Waals surface area contributed by atoms with E-state index in [1.54, 1.807) is 0 Å². The van der Waals surface area contributed by atoms with Gasteiger partial charge in [-0.2, -0.15) is 5.26 Å². The summed E-state index contributed by atoms with van der Waals surface area (Å²) in [5.41, 5.74) is -0.637. The Balaban J connectivity index is 1.82. The molecule has 1 saturated carbocycles. The van der Waals surface area contributed by atoms with Gasteiger partial charge >= 0.3 is 0 Å². The fourth-order valence-corrected chi connectivity index (χ4v) is 2.85. The summed E-state index contributed by atoms with van der Waals surface area (Å²) < 4.78 is 0. The normalized spacial score (nSPS) is 24.7. The maximum atomic E-state index is 12.0. The SMILES string of the molecule is C[C@](C#N)(NC(=O)C[NH+]1CCCCCC1)C1CC1. The molecular weight excluding hydrogens is 226 g/mol. The number of rotatable bonds is 4. The number of hydrogen-bond acceptors (Lipinski definition) is 2. The van der Waals surface area contributed by atoms with Gasteiger partial charge in [-0.1, -0.05) is 0 Å². The maximum Gasteiger partial charge on any atom is 0.276 e. The van der Waals surface area contributed by atoms with Gasteiger partial charge in [0.25, 0.3) is 5.91 Å². The predicted octanol–water partition coefficient (Wildman–Crippen LogP) is 0.254. The van der Waals surface area contributed by atoms with Gasteiger partial charge in [-0.05, 0) is 51.4 Å². The number of nitrogens with one attached hydrogen (secondary N) is 2. The van der Waals surface area contributed by atoms with E-state index in [4.69, 9.17) is 0 Å². The molecule has 4 nitrogen and oxygen atoms in total. The third-order valence-corrected chi connectivity index (χ3v) is 4.25. The molecule has 1 aliphatic heterocycles. The highest BCUT2D eigenvalue weighted by Crippen LogP contribution is 2.39. The summed E-state index contributed by atoms with van der Waals surface area (Å²) in [4.78, 5) is 13.4. The minimum Gasteiger partial charge on any atom is -0.333 e. The Morgan fingerprint density at radius 1 is 1.33 bits per heavy atom. The number of nitrogens with zero attached hydrogens (tertiary/aromatic N) is 1. The van der Waals surface area contributed by atoms with Gasteiger partial charge in [0.1, 0.15) is 5.54 Å². The molecule has 2 rings (SSSR count). The van der Waals surface area contributed by atoms with E-state index in [1.807, 2.05) is 6.92 Å². The summed E-state index contributed by atoms with van der Waals surface area (Å²) in [7, 11) is 0. The molecule has 0 bridgehead atoms. The Kier molecular flexibility index (Phi) is 4.23. The van der Waals surface area contributed by atoms with E-state index in [1.165, 1.54) is 30.6 Å². The van der Waals surface area contributed by atoms with Gasteiger partial charge in [-0.25, -0.2) is 0 Å². The molecule has 100 valence electrons. The Labute approximate surface area is 109 Å². The fourth-order valence-electron chi connectivity index (χ4n) is 2.85. The number of carbonyl (C=O) groups is 1. The molecule has 1 atom stereocenters. The van der Waals surface area contributed by atoms with Crippen molar-refractivity contribution >= 4 is 5.91 Å². The zero-order valence-electron chi connectivity index (χ0n) is 11.3. The van der Waals surface area contributed by atoms with Crippen molar-refractivity contribution in [3.8, 4) is 6.07 Å². The number of amides is 1. The van der Waals surface area contributed by atoms with Crippen LogP contribution < -0.4 is 10.2 Å². The number of likely N-dealkylation sites (tertiary alicyclic amines) is 1. The molecule has 18 heavy (non-hydrogen) atoms. The molecule has 0 radical (unpaired) electrons. The number of nitriles is 1. The van der Waals surface area contributed by atoms with Crippen molar-refractivity contribution in [3.05, 3.63) is 0 Å². The van der Waals surface area contributed by atoms with Crippen LogP contribution in [0.2, 0.25) is 0 Å². The van der Waals surface area contributed by atoms with Crippen molar-refractivity contribution in [2.24, 2.45) is 5.92 Å². The van der Waals surface area contributed by atoms with Crippen LogP contribution in [0.3, 0.4) is 0 Å². The fraction of sp³-hybridized carbons (Fsp3) is 0.857. The first-order chi connectivity index (χ1) is 8.64. The highest BCUT2D eigenvalue weighted by Gasteiger charge is 2.43. The van der Waals surface area contributed by atoms with Gasteiger partial charge in [0.15, 0.2) is 6.54 Å². The van der Waals surface area contributed by atoms with Crippen molar-refractivity contribution in [1.82, 2.24) is 5.32 Å². The highest BCUT2D eigenvalue weighted by atomic mass is 16.2. The van der Waals surface area contributed by atoms with Crippen LogP contribution in [-0.4, -0.2) is 31.1 Å². The molecule has 1 aliphatic carbocycles. The van der Waals surface area contributed by atoms with Crippen LogP contribution in [0.4, 0.5) is 0 Å². The van der Waals surface area contributed by atoms with Crippen LogP contribution in [0.1, 0.15) is 45.4 Å². The molecule has 2 aliphatic rings. The minimum atomic E-state index is -0.637. The quantitative estimate of drug-likeness (QED) is 0.751. The van der Waals surface area contributed by atoms with E-state index in [2.05, 4.69) is 11.4 Å². The molecule has 2 N–H and O–H groups in total. The topological polar surface area (TPSA) is 57.3 Å². The van der Waals surface area contributed by atoms with E-state index in [9.17, 15) is 10.1 Å². The van der Waals surface area contributed by atoms with Crippen LogP contribution >= 0.6 is 0 Å². The first-order valence-electron chi connectivity index (χ1n) is 7.20. The Morgan fingerprint density at radius 3 is 2.44 bits per heavy atom. The maximum absolute atomic E-state index is 12.0. The van der Waals surface area contributed by atoms with Crippen molar-refractivity contribution in [2.75, 3.05) is 19.6 Å². The summed E-state index contributed by atoms with van der Waals surface area (Å²) in [6, 6.07) is 2.28. The van der Waals surface area contributed by atoms with Gasteiger partial charge < -0.3 is 10.2 Å². The monoisotopic (exact) mass is 250 g/mol. The van der Waals surface area contributed by atoms with Gasteiger partial charge in [0, 0.05) is 0 Å². The number of quaternary nitrogens is 1. The average molecular weight is 250 g/mol. The first-order valence-corrected chi connectivity index (χ1v) is 7.20. The Bertz CT molecular complexity index is 337.